The van der Waals surface area contributed by atoms with Crippen molar-refractivity contribution < 1.29 is 4.84 Å². The van der Waals surface area contributed by atoms with E-state index in [0.29, 0.717) is 0 Å². The summed E-state index contributed by atoms with van der Waals surface area (Å²) in [6, 6.07) is 9.48. The molecule has 0 amide bonds. The van der Waals surface area contributed by atoms with Gasteiger partial charge >= 0.3 is 0 Å². The highest BCUT2D eigenvalue weighted by Crippen LogP contribution is 2.22. The summed E-state index contributed by atoms with van der Waals surface area (Å²) in [4.78, 5) is 5.58. The first-order valence-electron chi connectivity index (χ1n) is 4.61. The zero-order valence-electron chi connectivity index (χ0n) is 8.57. The number of hydrazine groups is 2. The largest absolute Gasteiger partial charge is 0.361 e. The van der Waals surface area contributed by atoms with Crippen LogP contribution in [0.1, 0.15) is 13.8 Å². The van der Waals surface area contributed by atoms with Crippen molar-refractivity contribution in [2.24, 2.45) is 0 Å². The molecule has 0 spiro atoms. The average molecular weight is 226 g/mol. The fourth-order valence-electron chi connectivity index (χ4n) is 1.23. The lowest BCUT2D eigenvalue weighted by molar-refractivity contribution is -0.144. The summed E-state index contributed by atoms with van der Waals surface area (Å²) in [5.41, 5.74) is 4.80. The molecular weight excluding hydrogens is 214 g/mol. The fraction of sp³-hybridized carbons (Fsp3) is 0.200. The van der Waals surface area contributed by atoms with Crippen LogP contribution in [0.25, 0.3) is 0 Å². The van der Waals surface area contributed by atoms with E-state index in [1.165, 1.54) is 9.81 Å². The summed E-state index contributed by atoms with van der Waals surface area (Å²) in [5.74, 6) is 0.735. The van der Waals surface area contributed by atoms with Gasteiger partial charge in [0, 0.05) is 11.8 Å². The van der Waals surface area contributed by atoms with Crippen LogP contribution >= 0.6 is 11.8 Å². The van der Waals surface area contributed by atoms with E-state index in [0.717, 1.165) is 17.1 Å². The number of halogens is 1. The molecule has 4 nitrogen and oxygen atoms in total. The SMILES string of the molecule is CC1=C(C)N(Oc2ccccc2)N(Cl)N1. The van der Waals surface area contributed by atoms with Crippen LogP contribution in [0.3, 0.4) is 0 Å². The molecule has 0 unspecified atom stereocenters. The Morgan fingerprint density at radius 2 is 1.87 bits per heavy atom. The lowest BCUT2D eigenvalue weighted by Crippen LogP contribution is -2.37. The smallest absolute Gasteiger partial charge is 0.157 e. The van der Waals surface area contributed by atoms with Gasteiger partial charge in [-0.25, -0.2) is 0 Å². The molecule has 0 saturated carbocycles. The van der Waals surface area contributed by atoms with E-state index in [9.17, 15) is 0 Å². The summed E-state index contributed by atoms with van der Waals surface area (Å²) in [6.07, 6.45) is 0. The van der Waals surface area contributed by atoms with Crippen molar-refractivity contribution >= 4 is 11.8 Å². The molecule has 0 bridgehead atoms. The minimum Gasteiger partial charge on any atom is -0.361 e. The van der Waals surface area contributed by atoms with Gasteiger partial charge in [-0.15, -0.1) is 5.17 Å². The molecule has 1 heterocycles. The molecule has 15 heavy (non-hydrogen) atoms. The van der Waals surface area contributed by atoms with Gasteiger partial charge in [0.25, 0.3) is 0 Å². The highest BCUT2D eigenvalue weighted by atomic mass is 35.5. The standard InChI is InChI=1S/C10H12ClN3O/c1-8-9(2)13(14(11)12-8)15-10-6-4-3-5-7-10/h3-7,12H,1-2H3. The van der Waals surface area contributed by atoms with E-state index < -0.39 is 0 Å². The van der Waals surface area contributed by atoms with Crippen molar-refractivity contribution in [1.82, 2.24) is 15.2 Å². The van der Waals surface area contributed by atoms with Gasteiger partial charge in [-0.05, 0) is 30.6 Å². The minimum atomic E-state index is 0.735. The monoisotopic (exact) mass is 225 g/mol. The fourth-order valence-corrected chi connectivity index (χ4v) is 1.50. The predicted molar refractivity (Wildman–Crippen MR) is 58.1 cm³/mol. The second-order valence-corrected chi connectivity index (χ2v) is 3.58. The third kappa shape index (κ3) is 2.00. The molecule has 1 aliphatic rings. The Bertz CT molecular complexity index is 380. The van der Waals surface area contributed by atoms with E-state index in [4.69, 9.17) is 16.6 Å². The van der Waals surface area contributed by atoms with Crippen molar-refractivity contribution in [3.05, 3.63) is 41.7 Å². The van der Waals surface area contributed by atoms with E-state index in [1.807, 2.05) is 44.2 Å². The van der Waals surface area contributed by atoms with Crippen molar-refractivity contribution in [1.29, 1.82) is 0 Å². The summed E-state index contributed by atoms with van der Waals surface area (Å²) in [6.45, 7) is 3.85. The molecule has 0 atom stereocenters. The molecule has 1 aromatic carbocycles. The lowest BCUT2D eigenvalue weighted by Gasteiger charge is -2.23. The molecule has 0 aliphatic carbocycles. The molecule has 1 aliphatic heterocycles. The van der Waals surface area contributed by atoms with Crippen LogP contribution in [0.15, 0.2) is 41.7 Å². The van der Waals surface area contributed by atoms with Gasteiger partial charge in [0.2, 0.25) is 0 Å². The molecule has 5 heteroatoms. The van der Waals surface area contributed by atoms with Crippen LogP contribution in [0.4, 0.5) is 0 Å². The number of allylic oxidation sites excluding steroid dienone is 2. The van der Waals surface area contributed by atoms with Crippen molar-refractivity contribution in [2.45, 2.75) is 13.8 Å². The first-order valence-corrected chi connectivity index (χ1v) is 4.95. The van der Waals surface area contributed by atoms with Gasteiger partial charge in [-0.1, -0.05) is 18.2 Å². The van der Waals surface area contributed by atoms with Gasteiger partial charge in [0.05, 0.1) is 11.4 Å². The van der Waals surface area contributed by atoms with E-state index >= 15 is 0 Å². The van der Waals surface area contributed by atoms with Crippen LogP contribution < -0.4 is 10.3 Å². The lowest BCUT2D eigenvalue weighted by atomic mass is 10.3. The molecule has 0 radical (unpaired) electrons. The number of para-hydroxylation sites is 1. The van der Waals surface area contributed by atoms with Crippen LogP contribution in [-0.4, -0.2) is 9.81 Å². The summed E-state index contributed by atoms with van der Waals surface area (Å²) < 4.78 is 1.28. The van der Waals surface area contributed by atoms with Crippen LogP contribution in [0.5, 0.6) is 5.75 Å². The molecule has 0 aromatic heterocycles. The van der Waals surface area contributed by atoms with E-state index in [1.54, 1.807) is 0 Å². The first-order chi connectivity index (χ1) is 7.18. The quantitative estimate of drug-likeness (QED) is 0.783. The zero-order chi connectivity index (χ0) is 10.8. The maximum absolute atomic E-state index is 5.90. The number of hydrogen-bond acceptors (Lipinski definition) is 4. The average Bonchev–Trinajstić information content (AvgIpc) is 2.47. The number of hydrogen-bond donors (Lipinski definition) is 1. The minimum absolute atomic E-state index is 0.735. The van der Waals surface area contributed by atoms with Crippen molar-refractivity contribution in [3.63, 3.8) is 0 Å². The maximum Gasteiger partial charge on any atom is 0.157 e. The van der Waals surface area contributed by atoms with Crippen LogP contribution in [0, 0.1) is 0 Å². The Kier molecular flexibility index (Phi) is 2.70. The van der Waals surface area contributed by atoms with Crippen molar-refractivity contribution in [3.8, 4) is 5.75 Å². The first kappa shape index (κ1) is 10.1. The van der Waals surface area contributed by atoms with Gasteiger partial charge in [0.15, 0.2) is 5.75 Å². The van der Waals surface area contributed by atoms with Crippen molar-refractivity contribution in [2.75, 3.05) is 0 Å². The normalized spacial score (nSPS) is 16.9. The zero-order valence-corrected chi connectivity index (χ0v) is 9.32. The third-order valence-corrected chi connectivity index (χ3v) is 2.41. The Balaban J connectivity index is 2.13. The molecule has 80 valence electrons. The molecular formula is C10H12ClN3O. The third-order valence-electron chi connectivity index (χ3n) is 2.18. The van der Waals surface area contributed by atoms with Gasteiger partial charge in [-0.3, -0.25) is 5.43 Å². The van der Waals surface area contributed by atoms with E-state index in [-0.39, 0.29) is 0 Å². The summed E-state index contributed by atoms with van der Waals surface area (Å²) >= 11 is 5.90. The molecule has 2 rings (SSSR count). The molecule has 0 fully saturated rings. The summed E-state index contributed by atoms with van der Waals surface area (Å²) in [5, 5.41) is 1.49. The number of hydroxylamine groups is 1. The topological polar surface area (TPSA) is 27.7 Å². The van der Waals surface area contributed by atoms with Gasteiger partial charge in [-0.2, -0.15) is 0 Å². The van der Waals surface area contributed by atoms with Gasteiger partial charge < -0.3 is 4.84 Å². The number of nitrogens with one attached hydrogen (secondary N) is 1. The Morgan fingerprint density at radius 1 is 1.20 bits per heavy atom. The summed E-state index contributed by atoms with van der Waals surface area (Å²) in [7, 11) is 0. The highest BCUT2D eigenvalue weighted by Gasteiger charge is 2.25. The predicted octanol–water partition coefficient (Wildman–Crippen LogP) is 2.42. The Labute approximate surface area is 93.7 Å². The maximum atomic E-state index is 5.90. The van der Waals surface area contributed by atoms with Gasteiger partial charge in [0.1, 0.15) is 0 Å². The molecule has 1 N–H and O–H groups in total. The number of benzene rings is 1. The van der Waals surface area contributed by atoms with E-state index in [2.05, 4.69) is 5.43 Å². The Hall–Kier alpha value is -1.39. The second-order valence-electron chi connectivity index (χ2n) is 3.26. The second kappa shape index (κ2) is 4.00. The van der Waals surface area contributed by atoms with Crippen LogP contribution in [-0.2, 0) is 0 Å². The number of rotatable bonds is 2. The number of nitrogens with zero attached hydrogens (tertiary/aromatic N) is 2. The molecule has 1 aromatic rings. The Morgan fingerprint density at radius 3 is 2.40 bits per heavy atom. The van der Waals surface area contributed by atoms with Crippen LogP contribution in [0.2, 0.25) is 0 Å². The highest BCUT2D eigenvalue weighted by molar-refractivity contribution is 6.12. The molecule has 0 saturated heterocycles.